The zero-order valence-corrected chi connectivity index (χ0v) is 13.1. The van der Waals surface area contributed by atoms with Gasteiger partial charge in [0.25, 0.3) is 0 Å². The number of hydrogen-bond acceptors (Lipinski definition) is 2. The maximum atomic E-state index is 6.07. The van der Waals surface area contributed by atoms with Crippen molar-refractivity contribution in [3.05, 3.63) is 63.6 Å². The Balaban J connectivity index is 1.55. The molecule has 1 N–H and O–H groups in total. The van der Waals surface area contributed by atoms with Crippen molar-refractivity contribution >= 4 is 23.2 Å². The van der Waals surface area contributed by atoms with Crippen LogP contribution >= 0.6 is 23.2 Å². The molecule has 0 unspecified atom stereocenters. The monoisotopic (exact) mass is 321 g/mol. The maximum absolute atomic E-state index is 6.07. The Hall–Kier alpha value is -1.22. The summed E-state index contributed by atoms with van der Waals surface area (Å²) < 4.78 is 5.72. The summed E-state index contributed by atoms with van der Waals surface area (Å²) in [7, 11) is 0. The highest BCUT2D eigenvalue weighted by Crippen LogP contribution is 2.28. The predicted octanol–water partition coefficient (Wildman–Crippen LogP) is 4.82. The molecule has 1 aliphatic rings. The predicted molar refractivity (Wildman–Crippen MR) is 87.1 cm³/mol. The van der Waals surface area contributed by atoms with Gasteiger partial charge in [-0.2, -0.15) is 0 Å². The maximum Gasteiger partial charge on any atom is 0.139 e. The smallest absolute Gasteiger partial charge is 0.139 e. The summed E-state index contributed by atoms with van der Waals surface area (Å²) in [6.45, 7) is 1.42. The quantitative estimate of drug-likeness (QED) is 0.823. The van der Waals surface area contributed by atoms with E-state index in [0.29, 0.717) is 22.4 Å². The van der Waals surface area contributed by atoms with E-state index in [9.17, 15) is 0 Å². The summed E-state index contributed by atoms with van der Waals surface area (Å²) in [5, 5.41) is 4.70. The second kappa shape index (κ2) is 6.69. The van der Waals surface area contributed by atoms with Gasteiger partial charge in [-0.1, -0.05) is 47.5 Å². The molecule has 0 bridgehead atoms. The highest BCUT2D eigenvalue weighted by Gasteiger charge is 2.19. The number of rotatable bonds is 6. The highest BCUT2D eigenvalue weighted by molar-refractivity contribution is 6.34. The summed E-state index contributed by atoms with van der Waals surface area (Å²) in [6, 6.07) is 14.4. The van der Waals surface area contributed by atoms with Gasteiger partial charge in [0.05, 0.1) is 5.02 Å². The Kier molecular flexibility index (Phi) is 4.69. The fraction of sp³-hybridized carbons (Fsp3) is 0.294. The fourth-order valence-electron chi connectivity index (χ4n) is 2.05. The molecule has 2 aromatic rings. The number of nitrogens with one attached hydrogen (secondary N) is 1. The summed E-state index contributed by atoms with van der Waals surface area (Å²) in [6.07, 6.45) is 2.62. The topological polar surface area (TPSA) is 21.3 Å². The van der Waals surface area contributed by atoms with Crippen LogP contribution in [0.5, 0.6) is 5.75 Å². The molecule has 3 rings (SSSR count). The molecule has 1 aliphatic carbocycles. The van der Waals surface area contributed by atoms with Crippen LogP contribution in [0.3, 0.4) is 0 Å². The minimum atomic E-state index is 0.483. The number of ether oxygens (including phenoxy) is 1. The van der Waals surface area contributed by atoms with E-state index >= 15 is 0 Å². The molecule has 4 heteroatoms. The average molecular weight is 322 g/mol. The van der Waals surface area contributed by atoms with Gasteiger partial charge in [-0.05, 0) is 36.1 Å². The first kappa shape index (κ1) is 14.7. The van der Waals surface area contributed by atoms with Crippen molar-refractivity contribution in [2.24, 2.45) is 0 Å². The molecule has 0 saturated heterocycles. The molecule has 0 atom stereocenters. The molecular formula is C17H17Cl2NO. The van der Waals surface area contributed by atoms with Gasteiger partial charge in [-0.25, -0.2) is 0 Å². The van der Waals surface area contributed by atoms with Gasteiger partial charge in [-0.3, -0.25) is 0 Å². The Bertz CT molecular complexity index is 609. The Morgan fingerprint density at radius 1 is 1.00 bits per heavy atom. The first-order valence-electron chi connectivity index (χ1n) is 7.10. The van der Waals surface area contributed by atoms with E-state index in [1.54, 1.807) is 18.2 Å². The van der Waals surface area contributed by atoms with E-state index in [1.807, 2.05) is 0 Å². The Morgan fingerprint density at radius 3 is 2.43 bits per heavy atom. The standard InChI is InChI=1S/C17H17Cl2NO/c18-14-5-8-16(19)17(9-14)21-11-13-3-1-12(2-4-13)10-20-15-6-7-15/h1-5,8-9,15,20H,6-7,10-11H2. The van der Waals surface area contributed by atoms with Crippen LogP contribution in [0.15, 0.2) is 42.5 Å². The normalized spacial score (nSPS) is 14.2. The van der Waals surface area contributed by atoms with Crippen molar-refractivity contribution < 1.29 is 4.74 Å². The SMILES string of the molecule is Clc1ccc(Cl)c(OCc2ccc(CNC3CC3)cc2)c1. The summed E-state index contributed by atoms with van der Waals surface area (Å²) in [5.74, 6) is 0.614. The fourth-order valence-corrected chi connectivity index (χ4v) is 2.39. The summed E-state index contributed by atoms with van der Waals surface area (Å²) in [4.78, 5) is 0. The van der Waals surface area contributed by atoms with E-state index in [0.717, 1.165) is 18.2 Å². The lowest BCUT2D eigenvalue weighted by Gasteiger charge is -2.09. The van der Waals surface area contributed by atoms with Gasteiger partial charge in [0.15, 0.2) is 0 Å². The van der Waals surface area contributed by atoms with Crippen molar-refractivity contribution in [3.8, 4) is 5.75 Å². The second-order valence-electron chi connectivity index (χ2n) is 5.34. The third kappa shape index (κ3) is 4.37. The van der Waals surface area contributed by atoms with Crippen molar-refractivity contribution in [3.63, 3.8) is 0 Å². The molecule has 110 valence electrons. The van der Waals surface area contributed by atoms with Crippen LogP contribution < -0.4 is 10.1 Å². The van der Waals surface area contributed by atoms with Crippen LogP contribution in [0.4, 0.5) is 0 Å². The molecule has 0 radical (unpaired) electrons. The largest absolute Gasteiger partial charge is 0.487 e. The molecular weight excluding hydrogens is 305 g/mol. The lowest BCUT2D eigenvalue weighted by atomic mass is 10.1. The van der Waals surface area contributed by atoms with E-state index in [1.165, 1.54) is 18.4 Å². The number of hydrogen-bond donors (Lipinski definition) is 1. The van der Waals surface area contributed by atoms with Crippen molar-refractivity contribution in [1.29, 1.82) is 0 Å². The average Bonchev–Trinajstić information content (AvgIpc) is 3.31. The third-order valence-corrected chi connectivity index (χ3v) is 4.03. The van der Waals surface area contributed by atoms with Crippen LogP contribution in [-0.4, -0.2) is 6.04 Å². The van der Waals surface area contributed by atoms with Crippen molar-refractivity contribution in [2.75, 3.05) is 0 Å². The van der Waals surface area contributed by atoms with Crippen LogP contribution in [-0.2, 0) is 13.2 Å². The van der Waals surface area contributed by atoms with Crippen LogP contribution in [0.25, 0.3) is 0 Å². The van der Waals surface area contributed by atoms with Crippen LogP contribution in [0.1, 0.15) is 24.0 Å². The number of halogens is 2. The molecule has 0 spiro atoms. The van der Waals surface area contributed by atoms with Gasteiger partial charge in [0.2, 0.25) is 0 Å². The van der Waals surface area contributed by atoms with E-state index in [4.69, 9.17) is 27.9 Å². The minimum absolute atomic E-state index is 0.483. The zero-order chi connectivity index (χ0) is 14.7. The van der Waals surface area contributed by atoms with E-state index in [-0.39, 0.29) is 0 Å². The summed E-state index contributed by atoms with van der Waals surface area (Å²) in [5.41, 5.74) is 2.41. The lowest BCUT2D eigenvalue weighted by Crippen LogP contribution is -2.15. The van der Waals surface area contributed by atoms with E-state index < -0.39 is 0 Å². The third-order valence-electron chi connectivity index (χ3n) is 3.48. The van der Waals surface area contributed by atoms with Gasteiger partial charge in [0.1, 0.15) is 12.4 Å². The molecule has 0 aromatic heterocycles. The van der Waals surface area contributed by atoms with Gasteiger partial charge in [0, 0.05) is 23.7 Å². The molecule has 21 heavy (non-hydrogen) atoms. The van der Waals surface area contributed by atoms with E-state index in [2.05, 4.69) is 29.6 Å². The van der Waals surface area contributed by atoms with Crippen LogP contribution in [0.2, 0.25) is 10.0 Å². The molecule has 1 saturated carbocycles. The van der Waals surface area contributed by atoms with Crippen LogP contribution in [0, 0.1) is 0 Å². The molecule has 1 fully saturated rings. The summed E-state index contributed by atoms with van der Waals surface area (Å²) >= 11 is 12.0. The molecule has 0 heterocycles. The number of benzene rings is 2. The molecule has 0 aliphatic heterocycles. The van der Waals surface area contributed by atoms with Gasteiger partial charge in [-0.15, -0.1) is 0 Å². The molecule has 2 aromatic carbocycles. The first-order valence-corrected chi connectivity index (χ1v) is 7.85. The Labute approximate surface area is 135 Å². The zero-order valence-electron chi connectivity index (χ0n) is 11.6. The van der Waals surface area contributed by atoms with Crippen molar-refractivity contribution in [1.82, 2.24) is 5.32 Å². The molecule has 0 amide bonds. The first-order chi connectivity index (χ1) is 10.2. The second-order valence-corrected chi connectivity index (χ2v) is 6.18. The minimum Gasteiger partial charge on any atom is -0.487 e. The van der Waals surface area contributed by atoms with Gasteiger partial charge < -0.3 is 10.1 Å². The highest BCUT2D eigenvalue weighted by atomic mass is 35.5. The molecule has 2 nitrogen and oxygen atoms in total. The van der Waals surface area contributed by atoms with Gasteiger partial charge >= 0.3 is 0 Å². The van der Waals surface area contributed by atoms with Crippen molar-refractivity contribution in [2.45, 2.75) is 32.0 Å². The Morgan fingerprint density at radius 2 is 1.71 bits per heavy atom. The lowest BCUT2D eigenvalue weighted by molar-refractivity contribution is 0.306.